The van der Waals surface area contributed by atoms with Gasteiger partial charge in [-0.1, -0.05) is 44.0 Å². The van der Waals surface area contributed by atoms with Crippen LogP contribution >= 0.6 is 0 Å². The molecule has 1 heterocycles. The van der Waals surface area contributed by atoms with E-state index in [0.29, 0.717) is 24.9 Å². The Kier molecular flexibility index (Phi) is 7.35. The average molecular weight is 385 g/mol. The van der Waals surface area contributed by atoms with Crippen molar-refractivity contribution >= 4 is 11.9 Å². The van der Waals surface area contributed by atoms with Crippen LogP contribution in [0.15, 0.2) is 29.3 Å². The molecule has 1 aromatic carbocycles. The maximum absolute atomic E-state index is 12.0. The summed E-state index contributed by atoms with van der Waals surface area (Å²) in [5.41, 5.74) is 2.84. The van der Waals surface area contributed by atoms with Gasteiger partial charge in [0.25, 0.3) is 0 Å². The molecule has 0 aromatic heterocycles. The first-order chi connectivity index (χ1) is 13.7. The zero-order valence-corrected chi connectivity index (χ0v) is 17.6. The summed E-state index contributed by atoms with van der Waals surface area (Å²) in [6, 6.07) is 8.37. The number of amides is 1. The normalized spacial score (nSPS) is 19.3. The zero-order valence-electron chi connectivity index (χ0n) is 17.6. The highest BCUT2D eigenvalue weighted by molar-refractivity contribution is 5.80. The Morgan fingerprint density at radius 3 is 2.50 bits per heavy atom. The molecule has 1 saturated carbocycles. The number of carbonyl (C=O) groups is 1. The van der Waals surface area contributed by atoms with Gasteiger partial charge in [-0.15, -0.1) is 0 Å². The van der Waals surface area contributed by atoms with E-state index in [1.165, 1.54) is 43.2 Å². The van der Waals surface area contributed by atoms with Gasteiger partial charge in [-0.25, -0.2) is 4.99 Å². The van der Waals surface area contributed by atoms with E-state index >= 15 is 0 Å². The second-order valence-corrected chi connectivity index (χ2v) is 8.30. The van der Waals surface area contributed by atoms with Gasteiger partial charge in [-0.2, -0.15) is 0 Å². The molecule has 2 aliphatic rings. The SMILES string of the molecule is CCNC(=NCc1ccccc1CN1CCCC1=O)NCC1(CC)CCCC1. The topological polar surface area (TPSA) is 56.7 Å². The maximum atomic E-state index is 12.0. The minimum atomic E-state index is 0.273. The standard InChI is InChI=1S/C23H36N4O/c1-3-23(13-7-8-14-23)18-26-22(24-4-2)25-16-19-10-5-6-11-20(19)17-27-15-9-12-21(27)28/h5-6,10-11H,3-4,7-9,12-18H2,1-2H3,(H2,24,25,26). The van der Waals surface area contributed by atoms with Crippen LogP contribution in [0, 0.1) is 5.41 Å². The van der Waals surface area contributed by atoms with Crippen molar-refractivity contribution in [1.82, 2.24) is 15.5 Å². The minimum Gasteiger partial charge on any atom is -0.357 e. The number of rotatable bonds is 8. The highest BCUT2D eigenvalue weighted by atomic mass is 16.2. The fourth-order valence-electron chi connectivity index (χ4n) is 4.50. The summed E-state index contributed by atoms with van der Waals surface area (Å²) in [5.74, 6) is 1.17. The van der Waals surface area contributed by atoms with E-state index in [4.69, 9.17) is 4.99 Å². The highest BCUT2D eigenvalue weighted by Gasteiger charge is 2.31. The van der Waals surface area contributed by atoms with Crippen molar-refractivity contribution < 1.29 is 4.79 Å². The third-order valence-corrected chi connectivity index (χ3v) is 6.45. The van der Waals surface area contributed by atoms with Crippen molar-refractivity contribution in [3.8, 4) is 0 Å². The van der Waals surface area contributed by atoms with Crippen LogP contribution in [0.1, 0.15) is 69.9 Å². The van der Waals surface area contributed by atoms with Crippen molar-refractivity contribution in [2.75, 3.05) is 19.6 Å². The van der Waals surface area contributed by atoms with Crippen molar-refractivity contribution in [3.05, 3.63) is 35.4 Å². The van der Waals surface area contributed by atoms with Gasteiger partial charge in [0.2, 0.25) is 5.91 Å². The Labute approximate surface area is 170 Å². The molecule has 0 spiro atoms. The molecule has 0 radical (unpaired) electrons. The van der Waals surface area contributed by atoms with Crippen LogP contribution in [0.4, 0.5) is 0 Å². The second kappa shape index (κ2) is 9.94. The first kappa shape index (κ1) is 20.7. The summed E-state index contributed by atoms with van der Waals surface area (Å²) in [7, 11) is 0. The van der Waals surface area contributed by atoms with Gasteiger partial charge >= 0.3 is 0 Å². The number of carbonyl (C=O) groups excluding carboxylic acids is 1. The van der Waals surface area contributed by atoms with Gasteiger partial charge in [0.1, 0.15) is 0 Å². The van der Waals surface area contributed by atoms with Gasteiger partial charge in [0.05, 0.1) is 6.54 Å². The van der Waals surface area contributed by atoms with Crippen LogP contribution < -0.4 is 10.6 Å². The highest BCUT2D eigenvalue weighted by Crippen LogP contribution is 2.40. The molecule has 3 rings (SSSR count). The molecular formula is C23H36N4O. The van der Waals surface area contributed by atoms with Gasteiger partial charge in [0.15, 0.2) is 5.96 Å². The first-order valence-corrected chi connectivity index (χ1v) is 11.0. The molecular weight excluding hydrogens is 348 g/mol. The smallest absolute Gasteiger partial charge is 0.222 e. The molecule has 0 atom stereocenters. The zero-order chi connectivity index (χ0) is 19.8. The van der Waals surface area contributed by atoms with E-state index in [-0.39, 0.29) is 5.91 Å². The third-order valence-electron chi connectivity index (χ3n) is 6.45. The lowest BCUT2D eigenvalue weighted by Gasteiger charge is -2.28. The average Bonchev–Trinajstić information content (AvgIpc) is 3.35. The molecule has 1 aliphatic carbocycles. The molecule has 2 fully saturated rings. The summed E-state index contributed by atoms with van der Waals surface area (Å²) in [5, 5.41) is 6.99. The number of aliphatic imine (C=N–C) groups is 1. The number of nitrogens with one attached hydrogen (secondary N) is 2. The summed E-state index contributed by atoms with van der Waals surface area (Å²) >= 11 is 0. The summed E-state index contributed by atoms with van der Waals surface area (Å²) in [4.78, 5) is 18.8. The fourth-order valence-corrected chi connectivity index (χ4v) is 4.50. The van der Waals surface area contributed by atoms with Crippen molar-refractivity contribution in [3.63, 3.8) is 0 Å². The Bertz CT molecular complexity index is 679. The molecule has 28 heavy (non-hydrogen) atoms. The van der Waals surface area contributed by atoms with Gasteiger partial charge in [0, 0.05) is 32.6 Å². The number of nitrogens with zero attached hydrogens (tertiary/aromatic N) is 2. The van der Waals surface area contributed by atoms with Gasteiger partial charge < -0.3 is 15.5 Å². The fraction of sp³-hybridized carbons (Fsp3) is 0.652. The molecule has 1 amide bonds. The molecule has 1 saturated heterocycles. The van der Waals surface area contributed by atoms with Crippen LogP contribution in [-0.2, 0) is 17.9 Å². The Balaban J connectivity index is 1.64. The predicted octanol–water partition coefficient (Wildman–Crippen LogP) is 3.83. The van der Waals surface area contributed by atoms with Crippen molar-refractivity contribution in [2.45, 2.75) is 71.9 Å². The molecule has 1 aromatic rings. The van der Waals surface area contributed by atoms with Crippen molar-refractivity contribution in [2.24, 2.45) is 10.4 Å². The predicted molar refractivity (Wildman–Crippen MR) is 115 cm³/mol. The number of likely N-dealkylation sites (tertiary alicyclic amines) is 1. The Morgan fingerprint density at radius 1 is 1.11 bits per heavy atom. The van der Waals surface area contributed by atoms with E-state index in [0.717, 1.165) is 32.0 Å². The molecule has 2 N–H and O–H groups in total. The van der Waals surface area contributed by atoms with E-state index < -0.39 is 0 Å². The van der Waals surface area contributed by atoms with Crippen LogP contribution in [0.5, 0.6) is 0 Å². The molecule has 154 valence electrons. The van der Waals surface area contributed by atoms with Crippen LogP contribution in [0.3, 0.4) is 0 Å². The van der Waals surface area contributed by atoms with Gasteiger partial charge in [-0.05, 0) is 49.1 Å². The molecule has 1 aliphatic heterocycles. The van der Waals surface area contributed by atoms with E-state index in [2.05, 4.69) is 48.7 Å². The Hall–Kier alpha value is -2.04. The van der Waals surface area contributed by atoms with E-state index in [9.17, 15) is 4.79 Å². The third kappa shape index (κ3) is 5.27. The monoisotopic (exact) mass is 384 g/mol. The van der Waals surface area contributed by atoms with Crippen LogP contribution in [0.25, 0.3) is 0 Å². The number of guanidine groups is 1. The lowest BCUT2D eigenvalue weighted by molar-refractivity contribution is -0.128. The molecule has 5 heteroatoms. The van der Waals surface area contributed by atoms with E-state index in [1.807, 2.05) is 4.90 Å². The summed E-state index contributed by atoms with van der Waals surface area (Å²) in [6.45, 7) is 8.48. The first-order valence-electron chi connectivity index (χ1n) is 11.0. The lowest BCUT2D eigenvalue weighted by Crippen LogP contribution is -2.42. The van der Waals surface area contributed by atoms with E-state index in [1.54, 1.807) is 0 Å². The second-order valence-electron chi connectivity index (χ2n) is 8.30. The number of hydrogen-bond acceptors (Lipinski definition) is 2. The Morgan fingerprint density at radius 2 is 1.86 bits per heavy atom. The number of benzene rings is 1. The maximum Gasteiger partial charge on any atom is 0.222 e. The van der Waals surface area contributed by atoms with Crippen LogP contribution in [-0.4, -0.2) is 36.4 Å². The largest absolute Gasteiger partial charge is 0.357 e. The van der Waals surface area contributed by atoms with Gasteiger partial charge in [-0.3, -0.25) is 4.79 Å². The number of hydrogen-bond donors (Lipinski definition) is 2. The van der Waals surface area contributed by atoms with Crippen molar-refractivity contribution in [1.29, 1.82) is 0 Å². The van der Waals surface area contributed by atoms with Crippen LogP contribution in [0.2, 0.25) is 0 Å². The molecule has 5 nitrogen and oxygen atoms in total. The quantitative estimate of drug-likeness (QED) is 0.529. The summed E-state index contributed by atoms with van der Waals surface area (Å²) in [6.07, 6.45) is 8.25. The molecule has 0 bridgehead atoms. The molecule has 0 unspecified atom stereocenters. The minimum absolute atomic E-state index is 0.273. The lowest BCUT2D eigenvalue weighted by atomic mass is 9.83. The summed E-state index contributed by atoms with van der Waals surface area (Å²) < 4.78 is 0.